The lowest BCUT2D eigenvalue weighted by molar-refractivity contribution is -0.485. The fourth-order valence-corrected chi connectivity index (χ4v) is 2.11. The summed E-state index contributed by atoms with van der Waals surface area (Å²) in [6.07, 6.45) is 1.43. The van der Waals surface area contributed by atoms with Crippen LogP contribution in [0, 0.1) is 10.1 Å². The van der Waals surface area contributed by atoms with Crippen LogP contribution in [0.5, 0.6) is 5.88 Å². The summed E-state index contributed by atoms with van der Waals surface area (Å²) in [5.74, 6) is 0.504. The third-order valence-corrected chi connectivity index (χ3v) is 2.99. The molecule has 0 aromatic carbocycles. The summed E-state index contributed by atoms with van der Waals surface area (Å²) in [5.41, 5.74) is 0. The van der Waals surface area contributed by atoms with Crippen molar-refractivity contribution < 1.29 is 9.77 Å². The van der Waals surface area contributed by atoms with Crippen molar-refractivity contribution >= 4 is 29.2 Å². The van der Waals surface area contributed by atoms with Gasteiger partial charge in [0.2, 0.25) is 5.88 Å². The molecule has 8 nitrogen and oxygen atoms in total. The van der Waals surface area contributed by atoms with E-state index in [2.05, 4.69) is 15.4 Å². The second-order valence-corrected chi connectivity index (χ2v) is 4.71. The van der Waals surface area contributed by atoms with Gasteiger partial charge in [0.1, 0.15) is 16.7 Å². The monoisotopic (exact) mass is 319 g/mol. The van der Waals surface area contributed by atoms with Gasteiger partial charge in [0.15, 0.2) is 5.03 Å². The van der Waals surface area contributed by atoms with Gasteiger partial charge in [-0.15, -0.1) is 0 Å². The van der Waals surface area contributed by atoms with E-state index in [0.29, 0.717) is 29.7 Å². The van der Waals surface area contributed by atoms with E-state index in [1.54, 1.807) is 4.90 Å². The maximum absolute atomic E-state index is 10.4. The molecule has 0 bridgehead atoms. The van der Waals surface area contributed by atoms with Crippen molar-refractivity contribution in [2.24, 2.45) is 5.10 Å². The molecule has 1 N–H and O–H groups in total. The van der Waals surface area contributed by atoms with Crippen LogP contribution >= 0.6 is 23.2 Å². The van der Waals surface area contributed by atoms with Crippen molar-refractivity contribution in [1.29, 1.82) is 0 Å². The van der Waals surface area contributed by atoms with Crippen LogP contribution < -0.4 is 10.1 Å². The number of hydrogen-bond acceptors (Lipinski definition) is 4. The van der Waals surface area contributed by atoms with Crippen molar-refractivity contribution in [3.05, 3.63) is 32.4 Å². The van der Waals surface area contributed by atoms with Crippen LogP contribution in [0.3, 0.4) is 0 Å². The summed E-state index contributed by atoms with van der Waals surface area (Å²) in [5, 5.41) is 16.4. The third-order valence-electron chi connectivity index (χ3n) is 2.51. The van der Waals surface area contributed by atoms with Gasteiger partial charge in [0.05, 0.1) is 11.6 Å². The zero-order chi connectivity index (χ0) is 14.5. The van der Waals surface area contributed by atoms with Crippen LogP contribution in [0.1, 0.15) is 0 Å². The first-order valence-corrected chi connectivity index (χ1v) is 6.47. The van der Waals surface area contributed by atoms with E-state index < -0.39 is 5.03 Å². The van der Waals surface area contributed by atoms with Crippen molar-refractivity contribution in [1.82, 2.24) is 15.2 Å². The number of nitrogens with zero attached hydrogens (tertiary/aromatic N) is 4. The molecule has 20 heavy (non-hydrogen) atoms. The Morgan fingerprint density at radius 1 is 1.60 bits per heavy atom. The predicted molar refractivity (Wildman–Crippen MR) is 73.8 cm³/mol. The smallest absolute Gasteiger partial charge is 0.271 e. The second-order valence-electron chi connectivity index (χ2n) is 3.86. The SMILES string of the molecule is O=[N+]([O-])N=C1NCCN1CCOc1ncc(Cl)cc1Cl. The molecule has 0 aliphatic carbocycles. The Morgan fingerprint density at radius 3 is 3.10 bits per heavy atom. The summed E-state index contributed by atoms with van der Waals surface area (Å²) in [7, 11) is 0. The van der Waals surface area contributed by atoms with Crippen molar-refractivity contribution in [2.75, 3.05) is 26.2 Å². The maximum Gasteiger partial charge on any atom is 0.271 e. The van der Waals surface area contributed by atoms with Gasteiger partial charge in [-0.05, 0) is 6.07 Å². The zero-order valence-electron chi connectivity index (χ0n) is 10.3. The van der Waals surface area contributed by atoms with E-state index >= 15 is 0 Å². The molecule has 10 heteroatoms. The van der Waals surface area contributed by atoms with Gasteiger partial charge >= 0.3 is 0 Å². The third kappa shape index (κ3) is 3.84. The number of nitrogens with one attached hydrogen (secondary N) is 1. The molecule has 1 aromatic heterocycles. The summed E-state index contributed by atoms with van der Waals surface area (Å²) in [6, 6.07) is 1.53. The molecule has 2 rings (SSSR count). The number of rotatable bonds is 5. The second kappa shape index (κ2) is 6.58. The highest BCUT2D eigenvalue weighted by Crippen LogP contribution is 2.24. The minimum absolute atomic E-state index is 0.230. The molecule has 108 valence electrons. The van der Waals surface area contributed by atoms with Crippen molar-refractivity contribution in [3.8, 4) is 5.88 Å². The first-order chi connectivity index (χ1) is 9.56. The lowest BCUT2D eigenvalue weighted by atomic mass is 10.5. The van der Waals surface area contributed by atoms with Crippen LogP contribution in [-0.4, -0.2) is 47.1 Å². The Hall–Kier alpha value is -1.80. The molecule has 1 fully saturated rings. The molecule has 0 spiro atoms. The normalized spacial score (nSPS) is 16.3. The van der Waals surface area contributed by atoms with E-state index in [-0.39, 0.29) is 18.4 Å². The Bertz CT molecular complexity index is 540. The highest BCUT2D eigenvalue weighted by molar-refractivity contribution is 6.35. The van der Waals surface area contributed by atoms with Gasteiger partial charge in [0.25, 0.3) is 5.96 Å². The summed E-state index contributed by atoms with van der Waals surface area (Å²) in [6.45, 7) is 1.93. The molecule has 0 atom stereocenters. The lowest BCUT2D eigenvalue weighted by Gasteiger charge is -2.15. The van der Waals surface area contributed by atoms with E-state index in [9.17, 15) is 10.1 Å². The van der Waals surface area contributed by atoms with Crippen LogP contribution in [0.2, 0.25) is 10.0 Å². The van der Waals surface area contributed by atoms with Crippen molar-refractivity contribution in [2.45, 2.75) is 0 Å². The van der Waals surface area contributed by atoms with Gasteiger partial charge in [-0.25, -0.2) is 15.1 Å². The standard InChI is InChI=1S/C10H11Cl2N5O3/c11-7-5-8(12)9(14-6-7)20-4-3-16-2-1-13-10(16)15-17(18)19/h5-6H,1-4H2,(H,13,15). The number of hydrogen-bond donors (Lipinski definition) is 1. The molecule has 0 radical (unpaired) electrons. The largest absolute Gasteiger partial charge is 0.475 e. The van der Waals surface area contributed by atoms with Gasteiger partial charge in [0, 0.05) is 19.3 Å². The molecule has 0 unspecified atom stereocenters. The number of halogens is 2. The Kier molecular flexibility index (Phi) is 4.80. The number of guanidine groups is 1. The number of pyridine rings is 1. The Morgan fingerprint density at radius 2 is 2.40 bits per heavy atom. The van der Waals surface area contributed by atoms with Crippen LogP contribution in [0.4, 0.5) is 0 Å². The minimum Gasteiger partial charge on any atom is -0.475 e. The lowest BCUT2D eigenvalue weighted by Crippen LogP contribution is -2.34. The number of aromatic nitrogens is 1. The van der Waals surface area contributed by atoms with Gasteiger partial charge in [-0.1, -0.05) is 23.2 Å². The van der Waals surface area contributed by atoms with Crippen molar-refractivity contribution in [3.63, 3.8) is 0 Å². The number of ether oxygens (including phenoxy) is 1. The first kappa shape index (κ1) is 14.6. The highest BCUT2D eigenvalue weighted by Gasteiger charge is 2.21. The van der Waals surface area contributed by atoms with Gasteiger partial charge < -0.3 is 15.0 Å². The zero-order valence-corrected chi connectivity index (χ0v) is 11.8. The average molecular weight is 320 g/mol. The molecule has 1 aliphatic heterocycles. The molecule has 1 saturated heterocycles. The highest BCUT2D eigenvalue weighted by atomic mass is 35.5. The molecule has 1 aliphatic rings. The molecule has 0 amide bonds. The van der Waals surface area contributed by atoms with Crippen LogP contribution in [0.25, 0.3) is 0 Å². The van der Waals surface area contributed by atoms with Crippen LogP contribution in [0.15, 0.2) is 17.4 Å². The van der Waals surface area contributed by atoms with E-state index in [1.165, 1.54) is 12.3 Å². The summed E-state index contributed by atoms with van der Waals surface area (Å²) >= 11 is 11.6. The molecule has 0 saturated carbocycles. The number of nitro groups is 1. The van der Waals surface area contributed by atoms with E-state index in [0.717, 1.165) is 0 Å². The Balaban J connectivity index is 1.88. The topological polar surface area (TPSA) is 92.9 Å². The van der Waals surface area contributed by atoms with E-state index in [4.69, 9.17) is 27.9 Å². The maximum atomic E-state index is 10.4. The van der Waals surface area contributed by atoms with Crippen LogP contribution in [-0.2, 0) is 0 Å². The predicted octanol–water partition coefficient (Wildman–Crippen LogP) is 1.22. The number of hydrazone groups is 1. The molecular weight excluding hydrogens is 309 g/mol. The summed E-state index contributed by atoms with van der Waals surface area (Å²) < 4.78 is 5.41. The Labute approximate surface area is 124 Å². The molecular formula is C10H11Cl2N5O3. The van der Waals surface area contributed by atoms with E-state index in [1.807, 2.05) is 0 Å². The molecule has 1 aromatic rings. The summed E-state index contributed by atoms with van der Waals surface area (Å²) in [4.78, 5) is 16.0. The quantitative estimate of drug-likeness (QED) is 0.648. The average Bonchev–Trinajstić information content (AvgIpc) is 2.79. The first-order valence-electron chi connectivity index (χ1n) is 5.72. The fraction of sp³-hybridized carbons (Fsp3) is 0.400. The fourth-order valence-electron chi connectivity index (χ4n) is 1.67. The van der Waals surface area contributed by atoms with Gasteiger partial charge in [-0.2, -0.15) is 0 Å². The minimum atomic E-state index is -0.737. The van der Waals surface area contributed by atoms with Gasteiger partial charge in [-0.3, -0.25) is 0 Å². The molecule has 2 heterocycles.